The minimum atomic E-state index is 0.341. The quantitative estimate of drug-likeness (QED) is 0.883. The van der Waals surface area contributed by atoms with Crippen LogP contribution in [0.3, 0.4) is 0 Å². The van der Waals surface area contributed by atoms with E-state index >= 15 is 0 Å². The zero-order chi connectivity index (χ0) is 18.5. The molecule has 0 radical (unpaired) electrons. The molecule has 1 aliphatic carbocycles. The van der Waals surface area contributed by atoms with Crippen LogP contribution in [0.5, 0.6) is 0 Å². The first kappa shape index (κ1) is 18.4. The second-order valence-corrected chi connectivity index (χ2v) is 8.14. The van der Waals surface area contributed by atoms with Crippen molar-refractivity contribution in [3.8, 4) is 0 Å². The van der Waals surface area contributed by atoms with Crippen molar-refractivity contribution in [1.29, 1.82) is 0 Å². The van der Waals surface area contributed by atoms with E-state index < -0.39 is 0 Å². The molecule has 1 N–H and O–H groups in total. The van der Waals surface area contributed by atoms with Crippen molar-refractivity contribution >= 4 is 16.9 Å². The van der Waals surface area contributed by atoms with Crippen LogP contribution in [0.1, 0.15) is 44.1 Å². The summed E-state index contributed by atoms with van der Waals surface area (Å²) in [5.41, 5.74) is 3.16. The fraction of sp³-hybridized carbons (Fsp3) is 0.591. The zero-order valence-electron chi connectivity index (χ0n) is 16.1. The van der Waals surface area contributed by atoms with E-state index in [1.165, 1.54) is 31.2 Å². The molecule has 1 saturated heterocycles. The summed E-state index contributed by atoms with van der Waals surface area (Å²) in [6.45, 7) is 3.51. The Hall–Kier alpha value is -2.01. The van der Waals surface area contributed by atoms with Gasteiger partial charge in [-0.1, -0.05) is 25.7 Å². The predicted octanol–water partition coefficient (Wildman–Crippen LogP) is 3.19. The average molecular weight is 367 g/mol. The summed E-state index contributed by atoms with van der Waals surface area (Å²) in [5.74, 6) is 1.54. The van der Waals surface area contributed by atoms with Crippen molar-refractivity contribution in [2.75, 3.05) is 26.2 Å². The maximum atomic E-state index is 12.8. The minimum absolute atomic E-state index is 0.341. The molecule has 2 aliphatic rings. The SMILES string of the molecule is O=C(CCC1CCCC1)N1CCNC[C@H](Cc2ccnc3cccnc23)C1. The van der Waals surface area contributed by atoms with Crippen LogP contribution in [0.2, 0.25) is 0 Å². The van der Waals surface area contributed by atoms with E-state index in [-0.39, 0.29) is 0 Å². The highest BCUT2D eigenvalue weighted by Gasteiger charge is 2.24. The Morgan fingerprint density at radius 3 is 2.93 bits per heavy atom. The lowest BCUT2D eigenvalue weighted by Gasteiger charge is -2.25. The monoisotopic (exact) mass is 366 g/mol. The fourth-order valence-electron chi connectivity index (χ4n) is 4.65. The summed E-state index contributed by atoms with van der Waals surface area (Å²) in [6, 6.07) is 6.01. The number of nitrogens with one attached hydrogen (secondary N) is 1. The van der Waals surface area contributed by atoms with E-state index in [1.54, 1.807) is 0 Å². The normalized spacial score (nSPS) is 21.5. The molecule has 2 aromatic rings. The van der Waals surface area contributed by atoms with Crippen molar-refractivity contribution in [2.24, 2.45) is 11.8 Å². The standard InChI is InChI=1S/C22H30N4O/c27-21(8-7-17-4-1-2-5-17)26-13-12-23-15-18(16-26)14-19-9-11-24-20-6-3-10-25-22(19)20/h3,6,9-11,17-18,23H,1-2,4-5,7-8,12-16H2/t18-/m0/s1. The predicted molar refractivity (Wildman–Crippen MR) is 107 cm³/mol. The van der Waals surface area contributed by atoms with Crippen LogP contribution in [0, 0.1) is 11.8 Å². The van der Waals surface area contributed by atoms with Gasteiger partial charge in [-0.15, -0.1) is 0 Å². The molecule has 2 aromatic heterocycles. The summed E-state index contributed by atoms with van der Waals surface area (Å²) in [7, 11) is 0. The van der Waals surface area contributed by atoms with Gasteiger partial charge in [0, 0.05) is 45.0 Å². The maximum Gasteiger partial charge on any atom is 0.222 e. The molecule has 0 bridgehead atoms. The molecule has 0 aromatic carbocycles. The lowest BCUT2D eigenvalue weighted by Crippen LogP contribution is -2.36. The number of fused-ring (bicyclic) bond motifs is 1. The van der Waals surface area contributed by atoms with Crippen molar-refractivity contribution in [3.63, 3.8) is 0 Å². The van der Waals surface area contributed by atoms with E-state index in [0.29, 0.717) is 11.8 Å². The van der Waals surface area contributed by atoms with Crippen LogP contribution in [0.15, 0.2) is 30.6 Å². The minimum Gasteiger partial charge on any atom is -0.341 e. The third-order valence-corrected chi connectivity index (χ3v) is 6.15. The van der Waals surface area contributed by atoms with Gasteiger partial charge in [0.05, 0.1) is 11.0 Å². The smallest absolute Gasteiger partial charge is 0.222 e. The summed E-state index contributed by atoms with van der Waals surface area (Å²) in [4.78, 5) is 23.8. The van der Waals surface area contributed by atoms with Crippen LogP contribution >= 0.6 is 0 Å². The first-order valence-corrected chi connectivity index (χ1v) is 10.5. The number of amides is 1. The topological polar surface area (TPSA) is 58.1 Å². The van der Waals surface area contributed by atoms with E-state index in [2.05, 4.69) is 26.3 Å². The Balaban J connectivity index is 1.39. The zero-order valence-corrected chi connectivity index (χ0v) is 16.1. The summed E-state index contributed by atoms with van der Waals surface area (Å²) in [5, 5.41) is 3.52. The highest BCUT2D eigenvalue weighted by atomic mass is 16.2. The first-order valence-electron chi connectivity index (χ1n) is 10.5. The molecule has 4 rings (SSSR count). The lowest BCUT2D eigenvalue weighted by atomic mass is 9.97. The van der Waals surface area contributed by atoms with Crippen molar-refractivity contribution < 1.29 is 4.79 Å². The fourth-order valence-corrected chi connectivity index (χ4v) is 4.65. The Morgan fingerprint density at radius 2 is 2.04 bits per heavy atom. The molecule has 1 aliphatic heterocycles. The van der Waals surface area contributed by atoms with Crippen LogP contribution in [0.25, 0.3) is 11.0 Å². The van der Waals surface area contributed by atoms with Gasteiger partial charge in [0.15, 0.2) is 0 Å². The van der Waals surface area contributed by atoms with Crippen molar-refractivity contribution in [1.82, 2.24) is 20.2 Å². The number of rotatable bonds is 5. The Bertz CT molecular complexity index is 767. The second kappa shape index (κ2) is 8.79. The second-order valence-electron chi connectivity index (χ2n) is 8.14. The first-order chi connectivity index (χ1) is 13.3. The van der Waals surface area contributed by atoms with Gasteiger partial charge in [-0.25, -0.2) is 0 Å². The van der Waals surface area contributed by atoms with Crippen molar-refractivity contribution in [3.05, 3.63) is 36.2 Å². The Morgan fingerprint density at radius 1 is 1.15 bits per heavy atom. The summed E-state index contributed by atoms with van der Waals surface area (Å²) < 4.78 is 0. The number of carbonyl (C=O) groups excluding carboxylic acids is 1. The number of hydrogen-bond acceptors (Lipinski definition) is 4. The van der Waals surface area contributed by atoms with Gasteiger partial charge in [-0.05, 0) is 48.4 Å². The van der Waals surface area contributed by atoms with Crippen LogP contribution in [-0.4, -0.2) is 47.0 Å². The maximum absolute atomic E-state index is 12.8. The average Bonchev–Trinajstić information content (AvgIpc) is 3.11. The summed E-state index contributed by atoms with van der Waals surface area (Å²) in [6.07, 6.45) is 11.8. The number of nitrogens with zero attached hydrogens (tertiary/aromatic N) is 3. The van der Waals surface area contributed by atoms with Crippen molar-refractivity contribution in [2.45, 2.75) is 44.9 Å². The number of aromatic nitrogens is 2. The van der Waals surface area contributed by atoms with E-state index in [9.17, 15) is 4.79 Å². The highest BCUT2D eigenvalue weighted by Crippen LogP contribution is 2.29. The lowest BCUT2D eigenvalue weighted by molar-refractivity contribution is -0.131. The number of pyridine rings is 2. The molecule has 27 heavy (non-hydrogen) atoms. The highest BCUT2D eigenvalue weighted by molar-refractivity contribution is 5.77. The molecule has 5 nitrogen and oxygen atoms in total. The van der Waals surface area contributed by atoms with Gasteiger partial charge in [0.2, 0.25) is 5.91 Å². The molecule has 0 spiro atoms. The molecule has 2 fully saturated rings. The van der Waals surface area contributed by atoms with Gasteiger partial charge in [0.25, 0.3) is 0 Å². The van der Waals surface area contributed by atoms with Gasteiger partial charge in [-0.2, -0.15) is 0 Å². The Labute approximate surface area is 161 Å². The molecule has 1 saturated carbocycles. The molecule has 3 heterocycles. The third-order valence-electron chi connectivity index (χ3n) is 6.15. The van der Waals surface area contributed by atoms with E-state index in [1.807, 2.05) is 24.5 Å². The molecule has 1 amide bonds. The molecular formula is C22H30N4O. The summed E-state index contributed by atoms with van der Waals surface area (Å²) >= 11 is 0. The number of carbonyl (C=O) groups is 1. The molecule has 5 heteroatoms. The van der Waals surface area contributed by atoms with Crippen LogP contribution in [0.4, 0.5) is 0 Å². The molecule has 0 unspecified atom stereocenters. The Kier molecular flexibility index (Phi) is 5.97. The molecule has 1 atom stereocenters. The van der Waals surface area contributed by atoms with Gasteiger partial charge >= 0.3 is 0 Å². The van der Waals surface area contributed by atoms with Gasteiger partial charge in [-0.3, -0.25) is 14.8 Å². The molecular weight excluding hydrogens is 336 g/mol. The van der Waals surface area contributed by atoms with Gasteiger partial charge < -0.3 is 10.2 Å². The molecule has 144 valence electrons. The van der Waals surface area contributed by atoms with Crippen LogP contribution < -0.4 is 5.32 Å². The number of hydrogen-bond donors (Lipinski definition) is 1. The van der Waals surface area contributed by atoms with Crippen LogP contribution in [-0.2, 0) is 11.2 Å². The van der Waals surface area contributed by atoms with E-state index in [4.69, 9.17) is 0 Å². The third kappa shape index (κ3) is 4.64. The van der Waals surface area contributed by atoms with E-state index in [0.717, 1.165) is 62.4 Å². The van der Waals surface area contributed by atoms with Gasteiger partial charge in [0.1, 0.15) is 0 Å². The largest absolute Gasteiger partial charge is 0.341 e.